The molecule has 1 amide bonds. The first-order valence-corrected chi connectivity index (χ1v) is 5.51. The van der Waals surface area contributed by atoms with Gasteiger partial charge in [-0.3, -0.25) is 4.84 Å². The summed E-state index contributed by atoms with van der Waals surface area (Å²) < 4.78 is 40.9. The Balaban J connectivity index is 2.41. The normalized spacial score (nSPS) is 11.2. The minimum Gasteiger partial charge on any atom is -0.443 e. The first kappa shape index (κ1) is 15.3. The number of carbonyl (C=O) groups excluding carboxylic acids is 1. The van der Waals surface area contributed by atoms with E-state index in [2.05, 4.69) is 4.84 Å². The van der Waals surface area contributed by atoms with Gasteiger partial charge in [-0.1, -0.05) is 30.3 Å². The Morgan fingerprint density at radius 1 is 1.26 bits per heavy atom. The second-order valence-electron chi connectivity index (χ2n) is 3.69. The highest BCUT2D eigenvalue weighted by Gasteiger charge is 2.29. The minimum absolute atomic E-state index is 0.0223. The fourth-order valence-corrected chi connectivity index (χ4v) is 1.28. The standard InChI is InChI=1S/C12H14F3NO3/c1-18-16(8-7-12(13,14)15)11(17)19-9-10-5-3-2-4-6-10/h2-6H,7-9H2,1H3. The Morgan fingerprint density at radius 2 is 1.89 bits per heavy atom. The lowest BCUT2D eigenvalue weighted by molar-refractivity contribution is -0.165. The number of hydrogen-bond donors (Lipinski definition) is 0. The first-order chi connectivity index (χ1) is 8.92. The van der Waals surface area contributed by atoms with Crippen LogP contribution in [-0.2, 0) is 16.2 Å². The van der Waals surface area contributed by atoms with Gasteiger partial charge in [-0.05, 0) is 5.56 Å². The van der Waals surface area contributed by atoms with Crippen molar-refractivity contribution < 1.29 is 27.5 Å². The van der Waals surface area contributed by atoms with Gasteiger partial charge in [0, 0.05) is 0 Å². The number of halogens is 3. The van der Waals surface area contributed by atoms with E-state index >= 15 is 0 Å². The van der Waals surface area contributed by atoms with Crippen LogP contribution in [0, 0.1) is 0 Å². The molecule has 0 spiro atoms. The van der Waals surface area contributed by atoms with Gasteiger partial charge in [-0.25, -0.2) is 4.79 Å². The lowest BCUT2D eigenvalue weighted by atomic mass is 10.2. The summed E-state index contributed by atoms with van der Waals surface area (Å²) in [5, 5.41) is 0.538. The van der Waals surface area contributed by atoms with Crippen LogP contribution < -0.4 is 0 Å². The Labute approximate surface area is 108 Å². The quantitative estimate of drug-likeness (QED) is 0.776. The van der Waals surface area contributed by atoms with Gasteiger partial charge in [0.15, 0.2) is 0 Å². The maximum atomic E-state index is 12.0. The molecule has 1 rings (SSSR count). The van der Waals surface area contributed by atoms with Crippen molar-refractivity contribution >= 4 is 6.09 Å². The van der Waals surface area contributed by atoms with E-state index in [0.29, 0.717) is 5.06 Å². The highest BCUT2D eigenvalue weighted by molar-refractivity contribution is 5.66. The number of hydrogen-bond acceptors (Lipinski definition) is 3. The number of ether oxygens (including phenoxy) is 1. The summed E-state index contributed by atoms with van der Waals surface area (Å²) in [5.41, 5.74) is 0.739. The van der Waals surface area contributed by atoms with Crippen LogP contribution >= 0.6 is 0 Å². The van der Waals surface area contributed by atoms with E-state index in [4.69, 9.17) is 4.74 Å². The Bertz CT molecular complexity index is 395. The molecule has 1 aromatic carbocycles. The molecule has 0 aromatic heterocycles. The molecule has 0 N–H and O–H groups in total. The maximum absolute atomic E-state index is 12.0. The van der Waals surface area contributed by atoms with Gasteiger partial charge in [0.25, 0.3) is 0 Å². The van der Waals surface area contributed by atoms with Gasteiger partial charge in [0.05, 0.1) is 20.1 Å². The summed E-state index contributed by atoms with van der Waals surface area (Å²) in [5.74, 6) is 0. The monoisotopic (exact) mass is 277 g/mol. The number of rotatable bonds is 5. The lowest BCUT2D eigenvalue weighted by Gasteiger charge is -2.19. The Kier molecular flexibility index (Phi) is 5.62. The van der Waals surface area contributed by atoms with Crippen molar-refractivity contribution in [2.75, 3.05) is 13.7 Å². The summed E-state index contributed by atoms with van der Waals surface area (Å²) in [7, 11) is 1.11. The topological polar surface area (TPSA) is 38.8 Å². The Hall–Kier alpha value is -1.76. The van der Waals surface area contributed by atoms with Crippen LogP contribution in [0.15, 0.2) is 30.3 Å². The average Bonchev–Trinajstić information content (AvgIpc) is 2.37. The van der Waals surface area contributed by atoms with Gasteiger partial charge in [0.1, 0.15) is 6.61 Å². The smallest absolute Gasteiger partial charge is 0.434 e. The number of alkyl halides is 3. The molecule has 0 aliphatic heterocycles. The third-order valence-corrected chi connectivity index (χ3v) is 2.23. The summed E-state index contributed by atoms with van der Waals surface area (Å²) in [6.45, 7) is -0.626. The number of carbonyl (C=O) groups is 1. The number of hydroxylamine groups is 2. The van der Waals surface area contributed by atoms with Crippen molar-refractivity contribution in [3.8, 4) is 0 Å². The van der Waals surface area contributed by atoms with Crippen LogP contribution in [0.3, 0.4) is 0 Å². The summed E-state index contributed by atoms with van der Waals surface area (Å²) in [6.07, 6.45) is -6.45. The van der Waals surface area contributed by atoms with E-state index < -0.39 is 25.2 Å². The van der Waals surface area contributed by atoms with Crippen molar-refractivity contribution in [3.05, 3.63) is 35.9 Å². The zero-order valence-corrected chi connectivity index (χ0v) is 10.3. The van der Waals surface area contributed by atoms with E-state index in [1.807, 2.05) is 0 Å². The second kappa shape index (κ2) is 6.98. The predicted octanol–water partition coefficient (Wildman–Crippen LogP) is 3.14. The van der Waals surface area contributed by atoms with Crippen LogP contribution in [0.5, 0.6) is 0 Å². The molecule has 0 heterocycles. The molecule has 0 bridgehead atoms. The van der Waals surface area contributed by atoms with Crippen LogP contribution in [0.4, 0.5) is 18.0 Å². The van der Waals surface area contributed by atoms with Gasteiger partial charge in [0.2, 0.25) is 0 Å². The van der Waals surface area contributed by atoms with Gasteiger partial charge in [-0.15, -0.1) is 0 Å². The van der Waals surface area contributed by atoms with Crippen LogP contribution in [0.1, 0.15) is 12.0 Å². The van der Waals surface area contributed by atoms with Gasteiger partial charge < -0.3 is 4.74 Å². The molecule has 1 aromatic rings. The lowest BCUT2D eigenvalue weighted by Crippen LogP contribution is -2.33. The fraction of sp³-hybridized carbons (Fsp3) is 0.417. The summed E-state index contributed by atoms with van der Waals surface area (Å²) in [6, 6.07) is 8.80. The van der Waals surface area contributed by atoms with Crippen molar-refractivity contribution in [1.29, 1.82) is 0 Å². The number of amides is 1. The molecular formula is C12H14F3NO3. The summed E-state index contributed by atoms with van der Waals surface area (Å²) in [4.78, 5) is 16.0. The third kappa shape index (κ3) is 6.10. The predicted molar refractivity (Wildman–Crippen MR) is 61.0 cm³/mol. The number of benzene rings is 1. The molecule has 0 unspecified atom stereocenters. The molecule has 0 saturated heterocycles. The van der Waals surface area contributed by atoms with E-state index in [1.165, 1.54) is 0 Å². The molecule has 0 saturated carbocycles. The molecule has 0 aliphatic carbocycles. The molecule has 4 nitrogen and oxygen atoms in total. The zero-order chi connectivity index (χ0) is 14.3. The zero-order valence-electron chi connectivity index (χ0n) is 10.3. The van der Waals surface area contributed by atoms with Crippen LogP contribution in [0.2, 0.25) is 0 Å². The largest absolute Gasteiger partial charge is 0.443 e. The summed E-state index contributed by atoms with van der Waals surface area (Å²) >= 11 is 0. The highest BCUT2D eigenvalue weighted by atomic mass is 19.4. The molecule has 106 valence electrons. The molecule has 19 heavy (non-hydrogen) atoms. The molecule has 0 radical (unpaired) electrons. The van der Waals surface area contributed by atoms with Gasteiger partial charge >= 0.3 is 12.3 Å². The maximum Gasteiger partial charge on any atom is 0.434 e. The molecule has 0 atom stereocenters. The Morgan fingerprint density at radius 3 is 2.42 bits per heavy atom. The van der Waals surface area contributed by atoms with Crippen molar-refractivity contribution in [1.82, 2.24) is 5.06 Å². The molecule has 7 heteroatoms. The number of nitrogens with zero attached hydrogens (tertiary/aromatic N) is 1. The van der Waals surface area contributed by atoms with E-state index in [9.17, 15) is 18.0 Å². The second-order valence-corrected chi connectivity index (χ2v) is 3.69. The molecule has 0 fully saturated rings. The molecular weight excluding hydrogens is 263 g/mol. The van der Waals surface area contributed by atoms with Crippen LogP contribution in [0.25, 0.3) is 0 Å². The highest BCUT2D eigenvalue weighted by Crippen LogP contribution is 2.20. The first-order valence-electron chi connectivity index (χ1n) is 5.51. The molecule has 0 aliphatic rings. The van der Waals surface area contributed by atoms with Crippen molar-refractivity contribution in [2.45, 2.75) is 19.2 Å². The third-order valence-electron chi connectivity index (χ3n) is 2.23. The van der Waals surface area contributed by atoms with E-state index in [-0.39, 0.29) is 6.61 Å². The average molecular weight is 277 g/mol. The van der Waals surface area contributed by atoms with E-state index in [0.717, 1.165) is 12.7 Å². The van der Waals surface area contributed by atoms with Gasteiger partial charge in [-0.2, -0.15) is 18.2 Å². The minimum atomic E-state index is -4.35. The van der Waals surface area contributed by atoms with Crippen molar-refractivity contribution in [3.63, 3.8) is 0 Å². The van der Waals surface area contributed by atoms with Crippen LogP contribution in [-0.4, -0.2) is 31.0 Å². The van der Waals surface area contributed by atoms with Crippen molar-refractivity contribution in [2.24, 2.45) is 0 Å². The SMILES string of the molecule is CON(CCC(F)(F)F)C(=O)OCc1ccccc1. The fourth-order valence-electron chi connectivity index (χ4n) is 1.28. The van der Waals surface area contributed by atoms with E-state index in [1.54, 1.807) is 30.3 Å².